The molecule has 0 radical (unpaired) electrons. The van der Waals surface area contributed by atoms with Gasteiger partial charge in [-0.05, 0) is 52.0 Å². The molecule has 2 atom stereocenters. The van der Waals surface area contributed by atoms with Gasteiger partial charge in [-0.2, -0.15) is 0 Å². The zero-order valence-corrected chi connectivity index (χ0v) is 28.4. The molecule has 0 amide bonds. The summed E-state index contributed by atoms with van der Waals surface area (Å²) in [5.74, 6) is 0.197. The smallest absolute Gasteiger partial charge is 0.342 e. The van der Waals surface area contributed by atoms with E-state index >= 15 is 0 Å². The summed E-state index contributed by atoms with van der Waals surface area (Å²) in [5, 5.41) is 0.0116. The zero-order valence-electron chi connectivity index (χ0n) is 24.2. The third kappa shape index (κ3) is 8.53. The third-order valence-corrected chi connectivity index (χ3v) is 17.0. The van der Waals surface area contributed by atoms with Gasteiger partial charge in [0.2, 0.25) is 0 Å². The Labute approximate surface area is 240 Å². The molecule has 0 spiro atoms. The molecule has 1 aromatic rings. The lowest BCUT2D eigenvalue weighted by Gasteiger charge is -2.40. The molecule has 2 rings (SSSR count). The Bertz CT molecular complexity index is 1060. The maximum atomic E-state index is 13.9. The Morgan fingerprint density at radius 3 is 2.16 bits per heavy atom. The average molecular weight is 653 g/mol. The first-order chi connectivity index (χ1) is 17.0. The van der Waals surface area contributed by atoms with Crippen molar-refractivity contribution in [1.82, 2.24) is 0 Å². The normalized spacial score (nSPS) is 22.4. The van der Waals surface area contributed by atoms with E-state index in [1.165, 1.54) is 0 Å². The van der Waals surface area contributed by atoms with Crippen molar-refractivity contribution in [3.8, 4) is 5.75 Å². The van der Waals surface area contributed by atoms with Gasteiger partial charge in [-0.25, -0.2) is 4.79 Å². The van der Waals surface area contributed by atoms with E-state index in [2.05, 4.69) is 90.3 Å². The molecular formula is C30H45IO4Si2. The highest BCUT2D eigenvalue weighted by Gasteiger charge is 2.42. The predicted octanol–water partition coefficient (Wildman–Crippen LogP) is 9.46. The van der Waals surface area contributed by atoms with E-state index in [1.807, 2.05) is 64.8 Å². The molecule has 0 saturated carbocycles. The number of carbonyl (C=O) groups excluding carboxylic acids is 1. The van der Waals surface area contributed by atoms with Gasteiger partial charge in [-0.3, -0.25) is 0 Å². The molecule has 204 valence electrons. The lowest BCUT2D eigenvalue weighted by Crippen LogP contribution is -2.47. The van der Waals surface area contributed by atoms with Crippen LogP contribution in [-0.2, 0) is 9.16 Å². The van der Waals surface area contributed by atoms with Gasteiger partial charge in [-0.15, -0.1) is 0 Å². The number of hydrogen-bond donors (Lipinski definition) is 0. The van der Waals surface area contributed by atoms with Crippen LogP contribution in [0.5, 0.6) is 5.75 Å². The fourth-order valence-corrected chi connectivity index (χ4v) is 5.85. The Morgan fingerprint density at radius 2 is 1.57 bits per heavy atom. The zero-order chi connectivity index (χ0) is 28.1. The van der Waals surface area contributed by atoms with Crippen molar-refractivity contribution in [3.05, 3.63) is 69.9 Å². The lowest BCUT2D eigenvalue weighted by molar-refractivity contribution is 0.000534. The number of cyclic esters (lactones) is 1. The van der Waals surface area contributed by atoms with Gasteiger partial charge >= 0.3 is 5.97 Å². The first-order valence-electron chi connectivity index (χ1n) is 13.0. The summed E-state index contributed by atoms with van der Waals surface area (Å²) in [7, 11) is -4.34. The minimum atomic E-state index is -2.20. The topological polar surface area (TPSA) is 44.8 Å². The van der Waals surface area contributed by atoms with E-state index in [9.17, 15) is 4.79 Å². The fourth-order valence-electron chi connectivity index (χ4n) is 3.27. The van der Waals surface area contributed by atoms with E-state index in [-0.39, 0.29) is 22.1 Å². The molecule has 0 fully saturated rings. The summed E-state index contributed by atoms with van der Waals surface area (Å²) >= 11 is 2.20. The summed E-state index contributed by atoms with van der Waals surface area (Å²) in [6.07, 6.45) is 13.6. The molecule has 0 N–H and O–H groups in total. The number of esters is 1. The highest BCUT2D eigenvalue weighted by Crippen LogP contribution is 2.40. The second-order valence-corrected chi connectivity index (χ2v) is 22.8. The van der Waals surface area contributed by atoms with Crippen molar-refractivity contribution in [2.45, 2.75) is 96.4 Å². The molecule has 4 nitrogen and oxygen atoms in total. The second kappa shape index (κ2) is 12.6. The number of hydrogen-bond acceptors (Lipinski definition) is 4. The van der Waals surface area contributed by atoms with Gasteiger partial charge in [0, 0.05) is 6.42 Å². The Balaban J connectivity index is 2.62. The molecule has 37 heavy (non-hydrogen) atoms. The van der Waals surface area contributed by atoms with Crippen LogP contribution < -0.4 is 4.43 Å². The lowest BCUT2D eigenvalue weighted by atomic mass is 10.0. The predicted molar refractivity (Wildman–Crippen MR) is 171 cm³/mol. The summed E-state index contributed by atoms with van der Waals surface area (Å²) in [6, 6.07) is 5.76. The summed E-state index contributed by atoms with van der Waals surface area (Å²) in [5.41, 5.74) is 1.25. The van der Waals surface area contributed by atoms with E-state index in [1.54, 1.807) is 0 Å². The fraction of sp³-hybridized carbons (Fsp3) is 0.500. The van der Waals surface area contributed by atoms with Crippen LogP contribution in [0.15, 0.2) is 58.7 Å². The molecule has 0 saturated heterocycles. The van der Waals surface area contributed by atoms with E-state index in [0.29, 0.717) is 17.7 Å². The van der Waals surface area contributed by atoms with Crippen LogP contribution in [0, 0.1) is 0 Å². The number of halogens is 1. The van der Waals surface area contributed by atoms with Gasteiger partial charge in [0.25, 0.3) is 8.32 Å². The molecule has 1 aliphatic heterocycles. The van der Waals surface area contributed by atoms with Crippen LogP contribution in [0.2, 0.25) is 36.3 Å². The van der Waals surface area contributed by atoms with Gasteiger partial charge in [0.1, 0.15) is 23.5 Å². The highest BCUT2D eigenvalue weighted by molar-refractivity contribution is 14.1. The Hall–Kier alpha value is -1.43. The monoisotopic (exact) mass is 652 g/mol. The number of fused-ring (bicyclic) bond motifs is 1. The van der Waals surface area contributed by atoms with Crippen LogP contribution in [-0.4, -0.2) is 34.8 Å². The first-order valence-corrected chi connectivity index (χ1v) is 20.0. The minimum Gasteiger partial charge on any atom is -0.543 e. The van der Waals surface area contributed by atoms with E-state index in [0.717, 1.165) is 5.56 Å². The summed E-state index contributed by atoms with van der Waals surface area (Å²) < 4.78 is 21.7. The van der Waals surface area contributed by atoms with Crippen LogP contribution >= 0.6 is 22.6 Å². The third-order valence-electron chi connectivity index (χ3n) is 7.66. The van der Waals surface area contributed by atoms with Crippen molar-refractivity contribution >= 4 is 51.3 Å². The van der Waals surface area contributed by atoms with Crippen molar-refractivity contribution in [2.24, 2.45) is 0 Å². The Morgan fingerprint density at radius 1 is 0.946 bits per heavy atom. The maximum Gasteiger partial charge on any atom is 0.342 e. The summed E-state index contributed by atoms with van der Waals surface area (Å²) in [6.45, 7) is 22.1. The van der Waals surface area contributed by atoms with Gasteiger partial charge < -0.3 is 13.6 Å². The van der Waals surface area contributed by atoms with E-state index in [4.69, 9.17) is 13.6 Å². The number of allylic oxidation sites excluding steroid dienone is 4. The molecule has 1 heterocycles. The van der Waals surface area contributed by atoms with Crippen molar-refractivity contribution in [1.29, 1.82) is 0 Å². The molecule has 0 aliphatic carbocycles. The standard InChI is InChI=1S/C30H45IO4Si2/c1-29(2,3)36(7,8)34-25-19-14-12-11-13-17-23-18-15-20-26(35-37(9,10)30(4,5)6)27(23)28(32)33-24(25)21-16-22-31/h11-20,22,24-25H,21H2,1-10H3/b12-11-,17-13+,19-14-,22-16-/t24-,25-/m0/s1. The number of carbonyl (C=O) groups is 1. The van der Waals surface area contributed by atoms with Gasteiger partial charge in [0.15, 0.2) is 8.32 Å². The van der Waals surface area contributed by atoms with Crippen molar-refractivity contribution < 1.29 is 18.4 Å². The molecule has 1 aliphatic rings. The van der Waals surface area contributed by atoms with Crippen LogP contribution in [0.4, 0.5) is 0 Å². The SMILES string of the molecule is CC(C)(C)[Si](C)(C)Oc1cccc2c1C(=O)O[C@@H](C/C=C\I)[C@@H](O[Si](C)(C)C(C)(C)C)\C=C/C=C\C=C\2. The first kappa shape index (κ1) is 31.8. The largest absolute Gasteiger partial charge is 0.543 e. The number of ether oxygens (including phenoxy) is 1. The number of rotatable bonds is 6. The molecule has 0 bridgehead atoms. The van der Waals surface area contributed by atoms with Crippen LogP contribution in [0.25, 0.3) is 6.08 Å². The maximum absolute atomic E-state index is 13.9. The van der Waals surface area contributed by atoms with Crippen molar-refractivity contribution in [3.63, 3.8) is 0 Å². The molecule has 0 aromatic heterocycles. The molecule has 0 unspecified atom stereocenters. The summed E-state index contributed by atoms with van der Waals surface area (Å²) in [4.78, 5) is 13.9. The van der Waals surface area contributed by atoms with E-state index < -0.39 is 22.7 Å². The molecular weight excluding hydrogens is 607 g/mol. The highest BCUT2D eigenvalue weighted by atomic mass is 127. The van der Waals surface area contributed by atoms with Crippen LogP contribution in [0.1, 0.15) is 63.9 Å². The average Bonchev–Trinajstić information content (AvgIpc) is 2.75. The molecule has 7 heteroatoms. The van der Waals surface area contributed by atoms with Gasteiger partial charge in [-0.1, -0.05) is 119 Å². The van der Waals surface area contributed by atoms with Gasteiger partial charge in [0.05, 0.1) is 0 Å². The Kier molecular flexibility index (Phi) is 10.8. The minimum absolute atomic E-state index is 0.00982. The second-order valence-electron chi connectivity index (χ2n) is 12.6. The quantitative estimate of drug-likeness (QED) is 0.175. The molecule has 1 aromatic carbocycles. The number of benzene rings is 1. The van der Waals surface area contributed by atoms with Crippen molar-refractivity contribution in [2.75, 3.05) is 0 Å². The van der Waals surface area contributed by atoms with Crippen LogP contribution in [0.3, 0.4) is 0 Å².